The maximum absolute atomic E-state index is 12.5. The van der Waals surface area contributed by atoms with Gasteiger partial charge in [0.2, 0.25) is 0 Å². The molecule has 0 saturated heterocycles. The molecule has 0 aromatic rings. The molecular formula is C41H71NO7. The van der Waals surface area contributed by atoms with Gasteiger partial charge >= 0.3 is 11.9 Å². The number of esters is 2. The second-order valence-electron chi connectivity index (χ2n) is 13.9. The zero-order valence-corrected chi connectivity index (χ0v) is 31.8. The lowest BCUT2D eigenvalue weighted by Gasteiger charge is -2.34. The number of aliphatic carboxylic acids is 1. The van der Waals surface area contributed by atoms with Gasteiger partial charge in [0.15, 0.2) is 6.10 Å². The first-order valence-corrected chi connectivity index (χ1v) is 19.2. The molecule has 0 spiro atoms. The van der Waals surface area contributed by atoms with E-state index in [-0.39, 0.29) is 49.1 Å². The molecule has 0 rings (SSSR count). The van der Waals surface area contributed by atoms with E-state index < -0.39 is 18.1 Å². The van der Waals surface area contributed by atoms with Crippen LogP contribution in [0.2, 0.25) is 0 Å². The van der Waals surface area contributed by atoms with Crippen LogP contribution < -0.4 is 5.11 Å². The number of likely N-dealkylation sites (N-methyl/N-ethyl adjacent to an activating group) is 1. The lowest BCUT2D eigenvalue weighted by Crippen LogP contribution is -2.55. The summed E-state index contributed by atoms with van der Waals surface area (Å²) in [7, 11) is 5.36. The third kappa shape index (κ3) is 31.0. The maximum Gasteiger partial charge on any atom is 0.306 e. The van der Waals surface area contributed by atoms with Crippen LogP contribution in [-0.4, -0.2) is 75.5 Å². The molecule has 0 aromatic carbocycles. The minimum Gasteiger partial charge on any atom is -0.544 e. The Balaban J connectivity index is 4.37. The number of ether oxygens (including phenoxy) is 3. The van der Waals surface area contributed by atoms with Gasteiger partial charge in [-0.25, -0.2) is 0 Å². The number of hydrogen-bond donors (Lipinski definition) is 0. The summed E-state index contributed by atoms with van der Waals surface area (Å²) in [6.07, 6.45) is 35.9. The van der Waals surface area contributed by atoms with E-state index >= 15 is 0 Å². The van der Waals surface area contributed by atoms with Crippen molar-refractivity contribution in [2.75, 3.05) is 41.0 Å². The highest BCUT2D eigenvalue weighted by atomic mass is 16.6. The number of allylic oxidation sites excluding steroid dienone is 8. The van der Waals surface area contributed by atoms with Crippen LogP contribution in [-0.2, 0) is 28.6 Å². The number of carboxylic acid groups (broad SMARTS) is 1. The van der Waals surface area contributed by atoms with E-state index in [4.69, 9.17) is 14.2 Å². The van der Waals surface area contributed by atoms with Crippen LogP contribution in [0.1, 0.15) is 142 Å². The van der Waals surface area contributed by atoms with E-state index in [1.54, 1.807) is 21.1 Å². The largest absolute Gasteiger partial charge is 0.544 e. The Hall–Kier alpha value is -2.71. The molecule has 2 unspecified atom stereocenters. The highest BCUT2D eigenvalue weighted by Crippen LogP contribution is 2.11. The monoisotopic (exact) mass is 690 g/mol. The molecule has 0 bridgehead atoms. The average Bonchev–Trinajstić information content (AvgIpc) is 3.05. The van der Waals surface area contributed by atoms with Gasteiger partial charge in [-0.3, -0.25) is 9.59 Å². The number of carboxylic acids is 1. The predicted molar refractivity (Wildman–Crippen MR) is 199 cm³/mol. The van der Waals surface area contributed by atoms with Crippen molar-refractivity contribution < 1.29 is 38.2 Å². The molecule has 0 saturated carbocycles. The molecule has 0 N–H and O–H groups in total. The molecule has 0 radical (unpaired) electrons. The van der Waals surface area contributed by atoms with Crippen LogP contribution in [0.3, 0.4) is 0 Å². The Labute approximate surface area is 299 Å². The summed E-state index contributed by atoms with van der Waals surface area (Å²) >= 11 is 0. The van der Waals surface area contributed by atoms with Crippen molar-refractivity contribution in [1.82, 2.24) is 0 Å². The fourth-order valence-corrected chi connectivity index (χ4v) is 5.20. The maximum atomic E-state index is 12.5. The Bertz CT molecular complexity index is 948. The van der Waals surface area contributed by atoms with Gasteiger partial charge < -0.3 is 28.6 Å². The zero-order valence-electron chi connectivity index (χ0n) is 31.8. The van der Waals surface area contributed by atoms with Crippen LogP contribution in [0.5, 0.6) is 0 Å². The van der Waals surface area contributed by atoms with Gasteiger partial charge in [-0.1, -0.05) is 120 Å². The molecule has 0 aliphatic carbocycles. The SMILES string of the molecule is CCCCC/C=C/CCC(=O)OC(COCCC(C(=O)[O-])[N+](C)(C)C)COC(=O)CCCCCCC/C=C/C=C/C=C/CCCCCCC. The minimum absolute atomic E-state index is 0.0168. The molecular weight excluding hydrogens is 618 g/mol. The molecule has 0 aromatic heterocycles. The lowest BCUT2D eigenvalue weighted by atomic mass is 10.1. The molecule has 0 fully saturated rings. The molecule has 2 atom stereocenters. The van der Waals surface area contributed by atoms with E-state index in [0.717, 1.165) is 57.8 Å². The summed E-state index contributed by atoms with van der Waals surface area (Å²) < 4.78 is 16.9. The van der Waals surface area contributed by atoms with Crippen LogP contribution in [0, 0.1) is 0 Å². The van der Waals surface area contributed by atoms with Gasteiger partial charge in [0.25, 0.3) is 0 Å². The molecule has 0 heterocycles. The molecule has 49 heavy (non-hydrogen) atoms. The van der Waals surface area contributed by atoms with E-state index in [9.17, 15) is 19.5 Å². The van der Waals surface area contributed by atoms with E-state index in [1.165, 1.54) is 44.9 Å². The zero-order chi connectivity index (χ0) is 36.4. The summed E-state index contributed by atoms with van der Waals surface area (Å²) in [4.78, 5) is 36.5. The standard InChI is InChI=1S/C41H71NO7/c1-6-8-10-12-14-15-16-17-18-19-20-21-22-23-24-26-27-29-31-39(43)48-36-37(35-47-34-33-38(41(45)46)42(3,4)5)49-40(44)32-30-28-25-13-11-9-7-2/h16-21,25,28,37-38H,6-15,22-24,26-27,29-36H2,1-5H3/b17-16+,19-18+,21-20+,28-25+. The van der Waals surface area contributed by atoms with Gasteiger partial charge in [-0.15, -0.1) is 0 Å². The first-order valence-electron chi connectivity index (χ1n) is 19.2. The van der Waals surface area contributed by atoms with Crippen molar-refractivity contribution in [3.05, 3.63) is 48.6 Å². The number of rotatable bonds is 33. The van der Waals surface area contributed by atoms with Crippen LogP contribution in [0.25, 0.3) is 0 Å². The van der Waals surface area contributed by atoms with Gasteiger partial charge in [-0.2, -0.15) is 0 Å². The van der Waals surface area contributed by atoms with Crippen molar-refractivity contribution >= 4 is 17.9 Å². The van der Waals surface area contributed by atoms with Crippen molar-refractivity contribution in [3.63, 3.8) is 0 Å². The number of carbonyl (C=O) groups is 3. The van der Waals surface area contributed by atoms with Crippen molar-refractivity contribution in [1.29, 1.82) is 0 Å². The third-order valence-electron chi connectivity index (χ3n) is 8.26. The van der Waals surface area contributed by atoms with Gasteiger partial charge in [-0.05, 0) is 51.4 Å². The first kappa shape index (κ1) is 46.3. The fraction of sp³-hybridized carbons (Fsp3) is 0.732. The normalized spacial score (nSPS) is 13.6. The van der Waals surface area contributed by atoms with Crippen LogP contribution in [0.4, 0.5) is 0 Å². The summed E-state index contributed by atoms with van der Waals surface area (Å²) in [6, 6.07) is -0.733. The fourth-order valence-electron chi connectivity index (χ4n) is 5.20. The van der Waals surface area contributed by atoms with Gasteiger partial charge in [0.1, 0.15) is 12.6 Å². The summed E-state index contributed by atoms with van der Waals surface area (Å²) in [5, 5.41) is 11.5. The quantitative estimate of drug-likeness (QED) is 0.0224. The number of carbonyl (C=O) groups excluding carboxylic acids is 3. The molecule has 0 aliphatic rings. The van der Waals surface area contributed by atoms with Crippen molar-refractivity contribution in [2.24, 2.45) is 0 Å². The van der Waals surface area contributed by atoms with Crippen LogP contribution in [0.15, 0.2) is 48.6 Å². The number of nitrogens with zero attached hydrogens (tertiary/aromatic N) is 1. The van der Waals surface area contributed by atoms with E-state index in [0.29, 0.717) is 12.8 Å². The molecule has 8 nitrogen and oxygen atoms in total. The number of quaternary nitrogens is 1. The van der Waals surface area contributed by atoms with E-state index in [2.05, 4.69) is 56.4 Å². The minimum atomic E-state index is -1.14. The summed E-state index contributed by atoms with van der Waals surface area (Å²) in [5.41, 5.74) is 0. The van der Waals surface area contributed by atoms with Gasteiger partial charge in [0, 0.05) is 19.3 Å². The highest BCUT2D eigenvalue weighted by molar-refractivity contribution is 5.70. The lowest BCUT2D eigenvalue weighted by molar-refractivity contribution is -0.889. The Kier molecular flexibility index (Phi) is 30.7. The predicted octanol–water partition coefficient (Wildman–Crippen LogP) is 8.35. The summed E-state index contributed by atoms with van der Waals surface area (Å²) in [5.74, 6) is -1.84. The Morgan fingerprint density at radius 2 is 1.14 bits per heavy atom. The molecule has 0 aliphatic heterocycles. The average molecular weight is 690 g/mol. The first-order chi connectivity index (χ1) is 23.6. The number of unbranched alkanes of at least 4 members (excludes halogenated alkanes) is 13. The Morgan fingerprint density at radius 1 is 0.612 bits per heavy atom. The molecule has 0 amide bonds. The van der Waals surface area contributed by atoms with E-state index in [1.807, 2.05) is 6.08 Å². The second kappa shape index (κ2) is 32.5. The third-order valence-corrected chi connectivity index (χ3v) is 8.26. The highest BCUT2D eigenvalue weighted by Gasteiger charge is 2.25. The number of hydrogen-bond acceptors (Lipinski definition) is 7. The smallest absolute Gasteiger partial charge is 0.306 e. The topological polar surface area (TPSA) is 102 Å². The Morgan fingerprint density at radius 3 is 1.76 bits per heavy atom. The van der Waals surface area contributed by atoms with Gasteiger partial charge in [0.05, 0.1) is 40.3 Å². The molecule has 282 valence electrons. The van der Waals surface area contributed by atoms with Crippen molar-refractivity contribution in [3.8, 4) is 0 Å². The molecule has 8 heteroatoms. The van der Waals surface area contributed by atoms with Crippen molar-refractivity contribution in [2.45, 2.75) is 154 Å². The summed E-state index contributed by atoms with van der Waals surface area (Å²) in [6.45, 7) is 4.49. The second-order valence-corrected chi connectivity index (χ2v) is 13.9. The van der Waals surface area contributed by atoms with Crippen LogP contribution >= 0.6 is 0 Å².